The van der Waals surface area contributed by atoms with E-state index >= 15 is 0 Å². The number of thiophene rings is 1. The molecule has 0 atom stereocenters. The molecule has 6 heteroatoms. The molecule has 0 N–H and O–H groups in total. The molecule has 0 saturated carbocycles. The Morgan fingerprint density at radius 3 is 2.74 bits per heavy atom. The molecule has 0 unspecified atom stereocenters. The van der Waals surface area contributed by atoms with Crippen molar-refractivity contribution >= 4 is 28.8 Å². The summed E-state index contributed by atoms with van der Waals surface area (Å²) >= 11 is 7.43. The van der Waals surface area contributed by atoms with E-state index in [0.29, 0.717) is 25.9 Å². The van der Waals surface area contributed by atoms with E-state index in [9.17, 15) is 4.79 Å². The van der Waals surface area contributed by atoms with E-state index in [1.54, 1.807) is 23.3 Å². The molecule has 104 valence electrons. The molecule has 0 radical (unpaired) electrons. The van der Waals surface area contributed by atoms with Crippen molar-refractivity contribution in [3.8, 4) is 6.07 Å². The smallest absolute Gasteiger partial charge is 0.223 e. The molecular weight excluding hydrogens is 282 g/mol. The summed E-state index contributed by atoms with van der Waals surface area (Å²) in [5.41, 5.74) is 0. The molecule has 0 aliphatic carbocycles. The molecule has 1 rings (SSSR count). The zero-order valence-corrected chi connectivity index (χ0v) is 12.8. The van der Waals surface area contributed by atoms with Gasteiger partial charge < -0.3 is 9.80 Å². The Bertz CT molecular complexity index is 455. The van der Waals surface area contributed by atoms with Crippen LogP contribution in [0.5, 0.6) is 0 Å². The van der Waals surface area contributed by atoms with Crippen molar-refractivity contribution in [2.45, 2.75) is 19.4 Å². The number of nitrogens with zero attached hydrogens (tertiary/aromatic N) is 3. The van der Waals surface area contributed by atoms with Gasteiger partial charge in [0.2, 0.25) is 5.91 Å². The van der Waals surface area contributed by atoms with Gasteiger partial charge in [-0.3, -0.25) is 4.79 Å². The van der Waals surface area contributed by atoms with Crippen LogP contribution < -0.4 is 0 Å². The average Bonchev–Trinajstić information content (AvgIpc) is 2.78. The summed E-state index contributed by atoms with van der Waals surface area (Å²) in [6.07, 6.45) is 0.851. The van der Waals surface area contributed by atoms with Gasteiger partial charge in [0.15, 0.2) is 0 Å². The largest absolute Gasteiger partial charge is 0.345 e. The van der Waals surface area contributed by atoms with E-state index in [-0.39, 0.29) is 5.91 Å². The van der Waals surface area contributed by atoms with Crippen LogP contribution in [-0.2, 0) is 11.3 Å². The van der Waals surface area contributed by atoms with Gasteiger partial charge in [-0.2, -0.15) is 5.26 Å². The van der Waals surface area contributed by atoms with Crippen LogP contribution in [0.1, 0.15) is 17.7 Å². The van der Waals surface area contributed by atoms with Crippen molar-refractivity contribution in [1.82, 2.24) is 9.80 Å². The van der Waals surface area contributed by atoms with Crippen molar-refractivity contribution in [1.29, 1.82) is 5.26 Å². The highest BCUT2D eigenvalue weighted by Gasteiger charge is 2.10. The van der Waals surface area contributed by atoms with Gasteiger partial charge in [0, 0.05) is 38.0 Å². The standard InChI is InChI=1S/C13H18ClN3OS/c1-16(10-11-4-5-12(14)19-11)9-6-13(18)17(2)8-3-7-15/h4-5H,3,6,8-10H2,1-2H3. The number of amides is 1. The van der Waals surface area contributed by atoms with E-state index in [0.717, 1.165) is 10.9 Å². The molecule has 0 bridgehead atoms. The second kappa shape index (κ2) is 8.16. The summed E-state index contributed by atoms with van der Waals surface area (Å²) in [5.74, 6) is 0.0753. The highest BCUT2D eigenvalue weighted by Crippen LogP contribution is 2.22. The topological polar surface area (TPSA) is 47.3 Å². The minimum absolute atomic E-state index is 0.0753. The van der Waals surface area contributed by atoms with E-state index in [2.05, 4.69) is 4.90 Å². The fourth-order valence-corrected chi connectivity index (χ4v) is 2.77. The number of carbonyl (C=O) groups is 1. The Balaban J connectivity index is 2.28. The minimum atomic E-state index is 0.0753. The Labute approximate surface area is 123 Å². The van der Waals surface area contributed by atoms with E-state index in [4.69, 9.17) is 16.9 Å². The highest BCUT2D eigenvalue weighted by molar-refractivity contribution is 7.16. The van der Waals surface area contributed by atoms with E-state index in [1.807, 2.05) is 25.2 Å². The van der Waals surface area contributed by atoms with Crippen LogP contribution in [0.15, 0.2) is 12.1 Å². The van der Waals surface area contributed by atoms with Gasteiger partial charge >= 0.3 is 0 Å². The molecule has 1 aromatic rings. The third kappa shape index (κ3) is 6.06. The maximum absolute atomic E-state index is 11.8. The fraction of sp³-hybridized carbons (Fsp3) is 0.538. The number of hydrogen-bond donors (Lipinski definition) is 0. The van der Waals surface area contributed by atoms with Crippen molar-refractivity contribution < 1.29 is 4.79 Å². The third-order valence-electron chi connectivity index (χ3n) is 2.75. The van der Waals surface area contributed by atoms with Gasteiger partial charge in [0.05, 0.1) is 16.8 Å². The predicted molar refractivity (Wildman–Crippen MR) is 78.1 cm³/mol. The molecule has 1 aromatic heterocycles. The summed E-state index contributed by atoms with van der Waals surface area (Å²) in [6, 6.07) is 5.93. The molecule has 19 heavy (non-hydrogen) atoms. The monoisotopic (exact) mass is 299 g/mol. The summed E-state index contributed by atoms with van der Waals surface area (Å²) in [7, 11) is 3.72. The molecule has 0 saturated heterocycles. The van der Waals surface area contributed by atoms with Crippen molar-refractivity contribution in [3.63, 3.8) is 0 Å². The maximum Gasteiger partial charge on any atom is 0.223 e. The second-order valence-electron chi connectivity index (χ2n) is 4.42. The van der Waals surface area contributed by atoms with Crippen molar-refractivity contribution in [2.24, 2.45) is 0 Å². The van der Waals surface area contributed by atoms with Crippen LogP contribution in [0.4, 0.5) is 0 Å². The molecule has 0 aliphatic rings. The zero-order chi connectivity index (χ0) is 14.3. The van der Waals surface area contributed by atoms with Gasteiger partial charge in [-0.05, 0) is 19.2 Å². The molecular formula is C13H18ClN3OS. The van der Waals surface area contributed by atoms with Crippen LogP contribution in [0.25, 0.3) is 0 Å². The Hall–Kier alpha value is -1.09. The first-order chi connectivity index (χ1) is 9.02. The van der Waals surface area contributed by atoms with Gasteiger partial charge in [0.1, 0.15) is 0 Å². The molecule has 0 spiro atoms. The van der Waals surface area contributed by atoms with Crippen molar-refractivity contribution in [3.05, 3.63) is 21.3 Å². The second-order valence-corrected chi connectivity index (χ2v) is 6.22. The maximum atomic E-state index is 11.8. The van der Waals surface area contributed by atoms with Gasteiger partial charge in [-0.15, -0.1) is 11.3 Å². The van der Waals surface area contributed by atoms with Crippen LogP contribution in [0, 0.1) is 11.3 Å². The summed E-state index contributed by atoms with van der Waals surface area (Å²) in [6.45, 7) is 2.00. The highest BCUT2D eigenvalue weighted by atomic mass is 35.5. The quantitative estimate of drug-likeness (QED) is 0.777. The summed E-state index contributed by atoms with van der Waals surface area (Å²) in [5, 5.41) is 8.48. The Kier molecular flexibility index (Phi) is 6.85. The molecule has 4 nitrogen and oxygen atoms in total. The lowest BCUT2D eigenvalue weighted by molar-refractivity contribution is -0.130. The lowest BCUT2D eigenvalue weighted by Crippen LogP contribution is -2.31. The van der Waals surface area contributed by atoms with E-state index in [1.165, 1.54) is 4.88 Å². The normalized spacial score (nSPS) is 10.5. The molecule has 0 aromatic carbocycles. The van der Waals surface area contributed by atoms with Gasteiger partial charge in [0.25, 0.3) is 0 Å². The van der Waals surface area contributed by atoms with Crippen LogP contribution in [-0.4, -0.2) is 42.9 Å². The summed E-state index contributed by atoms with van der Waals surface area (Å²) < 4.78 is 0.788. The molecule has 0 fully saturated rings. The first-order valence-corrected chi connectivity index (χ1v) is 7.26. The van der Waals surface area contributed by atoms with Gasteiger partial charge in [-0.25, -0.2) is 0 Å². The number of carbonyl (C=O) groups excluding carboxylic acids is 1. The molecule has 0 aliphatic heterocycles. The summed E-state index contributed by atoms with van der Waals surface area (Å²) in [4.78, 5) is 16.7. The molecule has 1 amide bonds. The van der Waals surface area contributed by atoms with Crippen LogP contribution >= 0.6 is 22.9 Å². The number of halogens is 1. The van der Waals surface area contributed by atoms with Crippen LogP contribution in [0.3, 0.4) is 0 Å². The third-order valence-corrected chi connectivity index (χ3v) is 3.96. The average molecular weight is 300 g/mol. The fourth-order valence-electron chi connectivity index (χ4n) is 1.60. The minimum Gasteiger partial charge on any atom is -0.345 e. The van der Waals surface area contributed by atoms with E-state index < -0.39 is 0 Å². The molecule has 1 heterocycles. The van der Waals surface area contributed by atoms with Crippen LogP contribution in [0.2, 0.25) is 4.34 Å². The predicted octanol–water partition coefficient (Wildman–Crippen LogP) is 2.60. The first kappa shape index (κ1) is 16.0. The first-order valence-electron chi connectivity index (χ1n) is 6.06. The number of rotatable bonds is 7. The SMILES string of the molecule is CN(CCC(=O)N(C)CCC#N)Cc1ccc(Cl)s1. The lowest BCUT2D eigenvalue weighted by atomic mass is 10.3. The zero-order valence-electron chi connectivity index (χ0n) is 11.2. The van der Waals surface area contributed by atoms with Gasteiger partial charge in [-0.1, -0.05) is 11.6 Å². The number of nitriles is 1. The number of hydrogen-bond acceptors (Lipinski definition) is 4. The Morgan fingerprint density at radius 1 is 1.42 bits per heavy atom. The Morgan fingerprint density at radius 2 is 2.16 bits per heavy atom. The lowest BCUT2D eigenvalue weighted by Gasteiger charge is -2.19. The van der Waals surface area contributed by atoms with Crippen molar-refractivity contribution in [2.75, 3.05) is 27.2 Å².